The third-order valence-corrected chi connectivity index (χ3v) is 6.25. The standard InChI is InChI=1S/C22H34N4O2.2ClH/c1-16(18-8-10-24-11-9-18)13-21(27)25-20-6-4-17(5-7-20)14-26-12-2-3-19(15-26)22(23)28;;/h4-7,16,18-19,24H,2-3,8-15H2,1H3,(H2,23,28)(H,25,27);2*1H. The summed E-state index contributed by atoms with van der Waals surface area (Å²) in [5.41, 5.74) is 7.50. The van der Waals surface area contributed by atoms with Gasteiger partial charge in [-0.3, -0.25) is 14.5 Å². The highest BCUT2D eigenvalue weighted by Gasteiger charge is 2.24. The van der Waals surface area contributed by atoms with Gasteiger partial charge in [0.25, 0.3) is 0 Å². The van der Waals surface area contributed by atoms with Crippen molar-refractivity contribution in [3.63, 3.8) is 0 Å². The fraction of sp³-hybridized carbons (Fsp3) is 0.636. The van der Waals surface area contributed by atoms with Crippen molar-refractivity contribution in [1.29, 1.82) is 0 Å². The van der Waals surface area contributed by atoms with Gasteiger partial charge in [0.1, 0.15) is 0 Å². The number of amides is 2. The minimum Gasteiger partial charge on any atom is -0.369 e. The van der Waals surface area contributed by atoms with Crippen LogP contribution < -0.4 is 16.4 Å². The van der Waals surface area contributed by atoms with E-state index in [4.69, 9.17) is 5.73 Å². The van der Waals surface area contributed by atoms with E-state index in [2.05, 4.69) is 34.6 Å². The Labute approximate surface area is 192 Å². The molecule has 2 amide bonds. The van der Waals surface area contributed by atoms with Gasteiger partial charge < -0.3 is 16.4 Å². The highest BCUT2D eigenvalue weighted by molar-refractivity contribution is 5.90. The van der Waals surface area contributed by atoms with E-state index in [-0.39, 0.29) is 42.5 Å². The minimum absolute atomic E-state index is 0. The molecule has 0 aliphatic carbocycles. The Kier molecular flexibility index (Phi) is 11.7. The zero-order chi connectivity index (χ0) is 19.9. The second-order valence-electron chi connectivity index (χ2n) is 8.49. The van der Waals surface area contributed by atoms with Gasteiger partial charge in [0, 0.05) is 25.2 Å². The molecule has 2 unspecified atom stereocenters. The van der Waals surface area contributed by atoms with Crippen LogP contribution in [0.2, 0.25) is 0 Å². The number of primary amides is 1. The molecule has 30 heavy (non-hydrogen) atoms. The second kappa shape index (κ2) is 13.2. The Hall–Kier alpha value is -1.34. The average Bonchev–Trinajstić information content (AvgIpc) is 2.70. The van der Waals surface area contributed by atoms with Crippen LogP contribution in [-0.4, -0.2) is 42.9 Å². The monoisotopic (exact) mass is 458 g/mol. The van der Waals surface area contributed by atoms with Gasteiger partial charge in [-0.25, -0.2) is 0 Å². The van der Waals surface area contributed by atoms with Crippen LogP contribution in [0.25, 0.3) is 0 Å². The van der Waals surface area contributed by atoms with Crippen LogP contribution in [0.4, 0.5) is 5.69 Å². The second-order valence-corrected chi connectivity index (χ2v) is 8.49. The molecule has 8 heteroatoms. The molecule has 2 heterocycles. The summed E-state index contributed by atoms with van der Waals surface area (Å²) in [6.45, 7) is 6.87. The first-order chi connectivity index (χ1) is 13.5. The molecule has 0 saturated carbocycles. The molecule has 4 N–H and O–H groups in total. The minimum atomic E-state index is -0.193. The predicted molar refractivity (Wildman–Crippen MR) is 126 cm³/mol. The topological polar surface area (TPSA) is 87.5 Å². The predicted octanol–water partition coefficient (Wildman–Crippen LogP) is 3.19. The Balaban J connectivity index is 0.00000225. The molecule has 170 valence electrons. The largest absolute Gasteiger partial charge is 0.369 e. The number of anilines is 1. The van der Waals surface area contributed by atoms with E-state index in [0.717, 1.165) is 64.1 Å². The number of carbonyl (C=O) groups is 2. The van der Waals surface area contributed by atoms with Crippen LogP contribution >= 0.6 is 24.8 Å². The Bertz CT molecular complexity index is 666. The van der Waals surface area contributed by atoms with E-state index in [0.29, 0.717) is 18.3 Å². The maximum absolute atomic E-state index is 12.4. The third kappa shape index (κ3) is 8.06. The van der Waals surface area contributed by atoms with Crippen LogP contribution in [-0.2, 0) is 16.1 Å². The molecular weight excluding hydrogens is 423 g/mol. The number of nitrogens with zero attached hydrogens (tertiary/aromatic N) is 1. The molecule has 0 bridgehead atoms. The number of likely N-dealkylation sites (tertiary alicyclic amines) is 1. The average molecular weight is 459 g/mol. The lowest BCUT2D eigenvalue weighted by atomic mass is 9.84. The van der Waals surface area contributed by atoms with Crippen molar-refractivity contribution in [3.05, 3.63) is 29.8 Å². The summed E-state index contributed by atoms with van der Waals surface area (Å²) in [5, 5.41) is 6.41. The number of benzene rings is 1. The molecule has 6 nitrogen and oxygen atoms in total. The summed E-state index contributed by atoms with van der Waals surface area (Å²) in [6, 6.07) is 8.05. The molecule has 2 atom stereocenters. The van der Waals surface area contributed by atoms with E-state index in [9.17, 15) is 9.59 Å². The highest BCUT2D eigenvalue weighted by atomic mass is 35.5. The summed E-state index contributed by atoms with van der Waals surface area (Å²) >= 11 is 0. The number of carbonyl (C=O) groups excluding carboxylic acids is 2. The maximum atomic E-state index is 12.4. The van der Waals surface area contributed by atoms with Gasteiger partial charge in [-0.05, 0) is 74.8 Å². The van der Waals surface area contributed by atoms with E-state index < -0.39 is 0 Å². The highest BCUT2D eigenvalue weighted by Crippen LogP contribution is 2.25. The van der Waals surface area contributed by atoms with Gasteiger partial charge in [0.15, 0.2) is 0 Å². The van der Waals surface area contributed by atoms with Gasteiger partial charge in [-0.15, -0.1) is 24.8 Å². The van der Waals surface area contributed by atoms with Gasteiger partial charge in [-0.1, -0.05) is 19.1 Å². The molecule has 0 radical (unpaired) electrons. The van der Waals surface area contributed by atoms with Crippen molar-refractivity contribution in [2.45, 2.75) is 45.6 Å². The normalized spacial score (nSPS) is 21.0. The fourth-order valence-corrected chi connectivity index (χ4v) is 4.47. The lowest BCUT2D eigenvalue weighted by Crippen LogP contribution is -2.40. The van der Waals surface area contributed by atoms with E-state index in [1.807, 2.05) is 12.1 Å². The fourth-order valence-electron chi connectivity index (χ4n) is 4.47. The van der Waals surface area contributed by atoms with Crippen molar-refractivity contribution in [2.24, 2.45) is 23.5 Å². The number of hydrogen-bond acceptors (Lipinski definition) is 4. The molecule has 2 aliphatic rings. The molecule has 1 aromatic carbocycles. The third-order valence-electron chi connectivity index (χ3n) is 6.25. The zero-order valence-electron chi connectivity index (χ0n) is 17.8. The SMILES string of the molecule is CC(CC(=O)Nc1ccc(CN2CCCC(C(N)=O)C2)cc1)C1CCNCC1.Cl.Cl. The number of nitrogens with one attached hydrogen (secondary N) is 2. The van der Waals surface area contributed by atoms with Crippen molar-refractivity contribution in [1.82, 2.24) is 10.2 Å². The van der Waals surface area contributed by atoms with E-state index in [1.54, 1.807) is 0 Å². The number of hydrogen-bond donors (Lipinski definition) is 3. The molecule has 2 fully saturated rings. The molecule has 0 aromatic heterocycles. The Morgan fingerprint density at radius 3 is 2.47 bits per heavy atom. The molecule has 0 spiro atoms. The van der Waals surface area contributed by atoms with Crippen LogP contribution in [0.3, 0.4) is 0 Å². The van der Waals surface area contributed by atoms with Crippen LogP contribution in [0, 0.1) is 17.8 Å². The lowest BCUT2D eigenvalue weighted by Gasteiger charge is -2.31. The number of nitrogens with two attached hydrogens (primary N) is 1. The number of halogens is 2. The summed E-state index contributed by atoms with van der Waals surface area (Å²) < 4.78 is 0. The zero-order valence-corrected chi connectivity index (χ0v) is 19.4. The first-order valence-electron chi connectivity index (χ1n) is 10.6. The molecular formula is C22H36Cl2N4O2. The Morgan fingerprint density at radius 1 is 1.17 bits per heavy atom. The summed E-state index contributed by atoms with van der Waals surface area (Å²) in [7, 11) is 0. The van der Waals surface area contributed by atoms with E-state index in [1.165, 1.54) is 5.56 Å². The first-order valence-corrected chi connectivity index (χ1v) is 10.6. The van der Waals surface area contributed by atoms with Gasteiger partial charge in [0.05, 0.1) is 5.92 Å². The van der Waals surface area contributed by atoms with Crippen molar-refractivity contribution >= 4 is 42.3 Å². The van der Waals surface area contributed by atoms with Crippen LogP contribution in [0.1, 0.15) is 44.6 Å². The smallest absolute Gasteiger partial charge is 0.224 e. The number of rotatable bonds is 7. The first kappa shape index (κ1) is 26.7. The lowest BCUT2D eigenvalue weighted by molar-refractivity contribution is -0.123. The summed E-state index contributed by atoms with van der Waals surface area (Å²) in [6.07, 6.45) is 4.81. The van der Waals surface area contributed by atoms with Crippen molar-refractivity contribution < 1.29 is 9.59 Å². The van der Waals surface area contributed by atoms with Crippen molar-refractivity contribution in [2.75, 3.05) is 31.5 Å². The molecule has 2 saturated heterocycles. The summed E-state index contributed by atoms with van der Waals surface area (Å²) in [4.78, 5) is 26.1. The number of piperidine rings is 2. The summed E-state index contributed by atoms with van der Waals surface area (Å²) in [5.74, 6) is 0.927. The van der Waals surface area contributed by atoms with Crippen LogP contribution in [0.5, 0.6) is 0 Å². The molecule has 1 aromatic rings. The maximum Gasteiger partial charge on any atom is 0.224 e. The van der Waals surface area contributed by atoms with E-state index >= 15 is 0 Å². The Morgan fingerprint density at radius 2 is 1.83 bits per heavy atom. The van der Waals surface area contributed by atoms with Gasteiger partial charge in [-0.2, -0.15) is 0 Å². The quantitative estimate of drug-likeness (QED) is 0.585. The van der Waals surface area contributed by atoms with Gasteiger partial charge >= 0.3 is 0 Å². The van der Waals surface area contributed by atoms with Crippen molar-refractivity contribution in [3.8, 4) is 0 Å². The van der Waals surface area contributed by atoms with Gasteiger partial charge in [0.2, 0.25) is 11.8 Å². The molecule has 2 aliphatic heterocycles. The van der Waals surface area contributed by atoms with Crippen LogP contribution in [0.15, 0.2) is 24.3 Å². The molecule has 3 rings (SSSR count).